The summed E-state index contributed by atoms with van der Waals surface area (Å²) in [4.78, 5) is 32.2. The Morgan fingerprint density at radius 1 is 1.24 bits per heavy atom. The van der Waals surface area contributed by atoms with Crippen molar-refractivity contribution >= 4 is 23.1 Å². The van der Waals surface area contributed by atoms with Gasteiger partial charge in [-0.25, -0.2) is 4.98 Å². The van der Waals surface area contributed by atoms with Gasteiger partial charge in [0, 0.05) is 30.3 Å². The molecule has 3 heterocycles. The van der Waals surface area contributed by atoms with Crippen molar-refractivity contribution in [1.29, 1.82) is 0 Å². The normalized spacial score (nSPS) is 10.9. The number of anilines is 1. The lowest BCUT2D eigenvalue weighted by atomic mass is 10.1. The maximum absolute atomic E-state index is 12.8. The van der Waals surface area contributed by atoms with Crippen LogP contribution >= 0.6 is 0 Å². The lowest BCUT2D eigenvalue weighted by Gasteiger charge is -2.09. The molecule has 3 N–H and O–H groups in total. The number of aromatic nitrogens is 4. The standard InChI is InChI=1S/C20H18N6O3/c1-12-5-6-13(19-24-18(29-25-19)8-7-16(21)27)10-14(12)23-20(28)15-11-22-17-4-2-3-9-26(15)17/h2-6,9-11H,7-8H2,1H3,(H2,21,27)(H,23,28). The van der Waals surface area contributed by atoms with Gasteiger partial charge in [-0.3, -0.25) is 14.0 Å². The molecular formula is C20H18N6O3. The van der Waals surface area contributed by atoms with Crippen LogP contribution in [0.15, 0.2) is 53.3 Å². The molecule has 9 nitrogen and oxygen atoms in total. The molecule has 0 saturated carbocycles. The van der Waals surface area contributed by atoms with Crippen molar-refractivity contribution in [2.45, 2.75) is 19.8 Å². The van der Waals surface area contributed by atoms with E-state index in [1.807, 2.05) is 37.3 Å². The minimum Gasteiger partial charge on any atom is -0.370 e. The molecule has 0 unspecified atom stereocenters. The zero-order chi connectivity index (χ0) is 20.4. The van der Waals surface area contributed by atoms with Crippen LogP contribution in [0.3, 0.4) is 0 Å². The van der Waals surface area contributed by atoms with Crippen LogP contribution in [-0.2, 0) is 11.2 Å². The average Bonchev–Trinajstić information content (AvgIpc) is 3.35. The first kappa shape index (κ1) is 18.4. The summed E-state index contributed by atoms with van der Waals surface area (Å²) in [5.41, 5.74) is 8.45. The Balaban J connectivity index is 1.57. The molecule has 146 valence electrons. The van der Waals surface area contributed by atoms with Gasteiger partial charge in [0.05, 0.1) is 6.20 Å². The fourth-order valence-electron chi connectivity index (χ4n) is 2.89. The van der Waals surface area contributed by atoms with Gasteiger partial charge >= 0.3 is 0 Å². The number of nitrogens with one attached hydrogen (secondary N) is 1. The van der Waals surface area contributed by atoms with Crippen molar-refractivity contribution in [3.8, 4) is 11.4 Å². The van der Waals surface area contributed by atoms with Gasteiger partial charge < -0.3 is 15.6 Å². The highest BCUT2D eigenvalue weighted by atomic mass is 16.5. The van der Waals surface area contributed by atoms with Crippen molar-refractivity contribution in [1.82, 2.24) is 19.5 Å². The topological polar surface area (TPSA) is 128 Å². The van der Waals surface area contributed by atoms with E-state index in [0.29, 0.717) is 34.3 Å². The molecule has 0 spiro atoms. The van der Waals surface area contributed by atoms with Gasteiger partial charge in [-0.1, -0.05) is 23.4 Å². The second kappa shape index (κ2) is 7.55. The molecule has 0 fully saturated rings. The Kier molecular flexibility index (Phi) is 4.78. The summed E-state index contributed by atoms with van der Waals surface area (Å²) in [6.45, 7) is 1.89. The van der Waals surface area contributed by atoms with Crippen LogP contribution in [0.1, 0.15) is 28.4 Å². The number of imidazole rings is 1. The van der Waals surface area contributed by atoms with Gasteiger partial charge in [-0.15, -0.1) is 0 Å². The van der Waals surface area contributed by atoms with E-state index in [0.717, 1.165) is 5.56 Å². The smallest absolute Gasteiger partial charge is 0.274 e. The summed E-state index contributed by atoms with van der Waals surface area (Å²) in [7, 11) is 0. The number of hydrogen-bond acceptors (Lipinski definition) is 6. The third kappa shape index (κ3) is 3.84. The zero-order valence-corrected chi connectivity index (χ0v) is 15.6. The molecule has 0 aliphatic heterocycles. The van der Waals surface area contributed by atoms with E-state index in [2.05, 4.69) is 20.4 Å². The number of pyridine rings is 1. The predicted molar refractivity (Wildman–Crippen MR) is 105 cm³/mol. The van der Waals surface area contributed by atoms with E-state index < -0.39 is 5.91 Å². The van der Waals surface area contributed by atoms with Crippen LogP contribution in [0.2, 0.25) is 0 Å². The SMILES string of the molecule is Cc1ccc(-c2noc(CCC(N)=O)n2)cc1NC(=O)c1cnc2ccccn12. The Labute approximate surface area is 165 Å². The predicted octanol–water partition coefficient (Wildman–Crippen LogP) is 2.36. The molecule has 9 heteroatoms. The molecule has 0 radical (unpaired) electrons. The minimum absolute atomic E-state index is 0.135. The van der Waals surface area contributed by atoms with E-state index in [1.165, 1.54) is 6.20 Å². The number of benzene rings is 1. The molecule has 29 heavy (non-hydrogen) atoms. The van der Waals surface area contributed by atoms with Crippen LogP contribution in [-0.4, -0.2) is 31.3 Å². The van der Waals surface area contributed by atoms with E-state index in [-0.39, 0.29) is 18.7 Å². The molecule has 2 amide bonds. The number of primary amides is 1. The second-order valence-electron chi connectivity index (χ2n) is 6.53. The molecule has 0 atom stereocenters. The molecule has 4 rings (SSSR count). The van der Waals surface area contributed by atoms with Gasteiger partial charge in [0.1, 0.15) is 11.3 Å². The summed E-state index contributed by atoms with van der Waals surface area (Å²) in [5.74, 6) is -0.0119. The third-order valence-corrected chi connectivity index (χ3v) is 4.45. The van der Waals surface area contributed by atoms with Crippen molar-refractivity contribution < 1.29 is 14.1 Å². The fraction of sp³-hybridized carbons (Fsp3) is 0.150. The summed E-state index contributed by atoms with van der Waals surface area (Å²) >= 11 is 0. The van der Waals surface area contributed by atoms with E-state index in [4.69, 9.17) is 10.3 Å². The maximum Gasteiger partial charge on any atom is 0.274 e. The summed E-state index contributed by atoms with van der Waals surface area (Å²) < 4.78 is 6.88. The number of carbonyl (C=O) groups is 2. The van der Waals surface area contributed by atoms with Crippen LogP contribution < -0.4 is 11.1 Å². The number of fused-ring (bicyclic) bond motifs is 1. The largest absolute Gasteiger partial charge is 0.370 e. The number of nitrogens with two attached hydrogens (primary N) is 1. The number of amides is 2. The van der Waals surface area contributed by atoms with Gasteiger partial charge in [0.2, 0.25) is 17.6 Å². The second-order valence-corrected chi connectivity index (χ2v) is 6.53. The van der Waals surface area contributed by atoms with E-state index in [1.54, 1.807) is 16.7 Å². The van der Waals surface area contributed by atoms with Gasteiger partial charge in [0.25, 0.3) is 5.91 Å². The van der Waals surface area contributed by atoms with Crippen LogP contribution in [0.4, 0.5) is 5.69 Å². The Hall–Kier alpha value is -4.01. The highest BCUT2D eigenvalue weighted by Gasteiger charge is 2.15. The monoisotopic (exact) mass is 390 g/mol. The quantitative estimate of drug-likeness (QED) is 0.520. The average molecular weight is 390 g/mol. The van der Waals surface area contributed by atoms with Gasteiger partial charge in [-0.05, 0) is 30.7 Å². The Morgan fingerprint density at radius 2 is 2.10 bits per heavy atom. The molecule has 3 aromatic heterocycles. The zero-order valence-electron chi connectivity index (χ0n) is 15.6. The Bertz CT molecular complexity index is 1210. The minimum atomic E-state index is -0.433. The molecule has 0 saturated heterocycles. The van der Waals surface area contributed by atoms with Crippen LogP contribution in [0, 0.1) is 6.92 Å². The maximum atomic E-state index is 12.8. The summed E-state index contributed by atoms with van der Waals surface area (Å²) in [6.07, 6.45) is 3.74. The number of hydrogen-bond donors (Lipinski definition) is 2. The molecule has 4 aromatic rings. The molecule has 0 bridgehead atoms. The summed E-state index contributed by atoms with van der Waals surface area (Å²) in [5, 5.41) is 6.85. The molecular weight excluding hydrogens is 372 g/mol. The van der Waals surface area contributed by atoms with Gasteiger partial charge in [0.15, 0.2) is 0 Å². The van der Waals surface area contributed by atoms with Crippen molar-refractivity contribution in [3.05, 3.63) is 65.9 Å². The van der Waals surface area contributed by atoms with E-state index in [9.17, 15) is 9.59 Å². The number of nitrogens with zero attached hydrogens (tertiary/aromatic N) is 4. The molecule has 1 aromatic carbocycles. The lowest BCUT2D eigenvalue weighted by Crippen LogP contribution is -2.15. The highest BCUT2D eigenvalue weighted by molar-refractivity contribution is 6.04. The first-order chi connectivity index (χ1) is 14.0. The fourth-order valence-corrected chi connectivity index (χ4v) is 2.89. The molecule has 0 aliphatic carbocycles. The van der Waals surface area contributed by atoms with Crippen LogP contribution in [0.25, 0.3) is 17.0 Å². The van der Waals surface area contributed by atoms with Crippen molar-refractivity contribution in [2.75, 3.05) is 5.32 Å². The first-order valence-corrected chi connectivity index (χ1v) is 8.96. The number of carbonyl (C=O) groups excluding carboxylic acids is 2. The number of rotatable bonds is 6. The molecule has 0 aliphatic rings. The summed E-state index contributed by atoms with van der Waals surface area (Å²) in [6, 6.07) is 11.0. The Morgan fingerprint density at radius 3 is 2.93 bits per heavy atom. The van der Waals surface area contributed by atoms with Gasteiger partial charge in [-0.2, -0.15) is 4.98 Å². The number of aryl methyl sites for hydroxylation is 2. The van der Waals surface area contributed by atoms with Crippen molar-refractivity contribution in [3.63, 3.8) is 0 Å². The van der Waals surface area contributed by atoms with Crippen molar-refractivity contribution in [2.24, 2.45) is 5.73 Å². The first-order valence-electron chi connectivity index (χ1n) is 8.96. The third-order valence-electron chi connectivity index (χ3n) is 4.45. The van der Waals surface area contributed by atoms with E-state index >= 15 is 0 Å². The highest BCUT2D eigenvalue weighted by Crippen LogP contribution is 2.24. The van der Waals surface area contributed by atoms with Crippen LogP contribution in [0.5, 0.6) is 0 Å². The lowest BCUT2D eigenvalue weighted by molar-refractivity contribution is -0.118.